The Balaban J connectivity index is 1.72. The van der Waals surface area contributed by atoms with Crippen LogP contribution in [0, 0.1) is 0 Å². The van der Waals surface area contributed by atoms with E-state index in [1.54, 1.807) is 0 Å². The lowest BCUT2D eigenvalue weighted by Crippen LogP contribution is -2.13. The summed E-state index contributed by atoms with van der Waals surface area (Å²) in [6.07, 6.45) is 0.951. The zero-order valence-corrected chi connectivity index (χ0v) is 16.5. The van der Waals surface area contributed by atoms with E-state index in [1.807, 2.05) is 62.4 Å². The van der Waals surface area contributed by atoms with Gasteiger partial charge in [-0.05, 0) is 38.0 Å². The number of para-hydroxylation sites is 1. The van der Waals surface area contributed by atoms with E-state index >= 15 is 0 Å². The van der Waals surface area contributed by atoms with Gasteiger partial charge in [-0.25, -0.2) is 0 Å². The number of ketones is 1. The van der Waals surface area contributed by atoms with Gasteiger partial charge < -0.3 is 9.15 Å². The number of ether oxygens (including phenoxy) is 1. The highest BCUT2D eigenvalue weighted by molar-refractivity contribution is 8.00. The zero-order valence-electron chi connectivity index (χ0n) is 15.6. The van der Waals surface area contributed by atoms with Crippen molar-refractivity contribution in [1.29, 1.82) is 0 Å². The predicted molar refractivity (Wildman–Crippen MR) is 106 cm³/mol. The van der Waals surface area contributed by atoms with Crippen LogP contribution in [0.2, 0.25) is 0 Å². The number of nitrogens with zero attached hydrogens (tertiary/aromatic N) is 2. The minimum absolute atomic E-state index is 0.0390. The van der Waals surface area contributed by atoms with Crippen LogP contribution in [0.15, 0.2) is 58.2 Å². The molecule has 27 heavy (non-hydrogen) atoms. The summed E-state index contributed by atoms with van der Waals surface area (Å²) in [5.41, 5.74) is 2.64. The smallest absolute Gasteiger partial charge is 0.277 e. The van der Waals surface area contributed by atoms with E-state index in [-0.39, 0.29) is 11.0 Å². The molecule has 1 aromatic heterocycles. The second-order valence-electron chi connectivity index (χ2n) is 5.98. The molecule has 1 unspecified atom stereocenters. The number of Topliss-reactive ketones (excluding diaryl/α,β-unsaturated/α-hetero) is 1. The quantitative estimate of drug-likeness (QED) is 0.401. The Morgan fingerprint density at radius 3 is 2.56 bits per heavy atom. The third kappa shape index (κ3) is 4.57. The van der Waals surface area contributed by atoms with Gasteiger partial charge in [0.25, 0.3) is 11.1 Å². The Labute approximate surface area is 163 Å². The van der Waals surface area contributed by atoms with Crippen molar-refractivity contribution in [2.75, 3.05) is 6.61 Å². The topological polar surface area (TPSA) is 65.2 Å². The Hall–Kier alpha value is -2.60. The maximum Gasteiger partial charge on any atom is 0.277 e. The van der Waals surface area contributed by atoms with Crippen molar-refractivity contribution in [3.63, 3.8) is 0 Å². The van der Waals surface area contributed by atoms with Gasteiger partial charge in [-0.2, -0.15) is 0 Å². The number of carbonyl (C=O) groups is 1. The van der Waals surface area contributed by atoms with Crippen LogP contribution in [0.5, 0.6) is 5.75 Å². The molecule has 1 heterocycles. The van der Waals surface area contributed by atoms with Crippen LogP contribution >= 0.6 is 11.8 Å². The lowest BCUT2D eigenvalue weighted by atomic mass is 10.1. The van der Waals surface area contributed by atoms with Crippen molar-refractivity contribution in [2.24, 2.45) is 0 Å². The summed E-state index contributed by atoms with van der Waals surface area (Å²) < 4.78 is 11.4. The highest BCUT2D eigenvalue weighted by atomic mass is 32.2. The summed E-state index contributed by atoms with van der Waals surface area (Å²) in [5, 5.41) is 8.22. The average molecular weight is 382 g/mol. The van der Waals surface area contributed by atoms with Gasteiger partial charge in [-0.3, -0.25) is 4.79 Å². The van der Waals surface area contributed by atoms with E-state index in [2.05, 4.69) is 17.1 Å². The number of aryl methyl sites for hydroxylation is 1. The number of hydrogen-bond acceptors (Lipinski definition) is 6. The van der Waals surface area contributed by atoms with Gasteiger partial charge in [0.1, 0.15) is 5.75 Å². The highest BCUT2D eigenvalue weighted by Gasteiger charge is 2.21. The van der Waals surface area contributed by atoms with Crippen molar-refractivity contribution in [3.05, 3.63) is 59.7 Å². The Kier molecular flexibility index (Phi) is 6.29. The molecular weight excluding hydrogens is 360 g/mol. The first-order valence-electron chi connectivity index (χ1n) is 8.97. The average Bonchev–Trinajstić information content (AvgIpc) is 3.16. The molecule has 0 aliphatic carbocycles. The van der Waals surface area contributed by atoms with E-state index in [1.165, 1.54) is 17.3 Å². The van der Waals surface area contributed by atoms with Crippen LogP contribution in [-0.4, -0.2) is 27.8 Å². The van der Waals surface area contributed by atoms with Crippen LogP contribution < -0.4 is 4.74 Å². The third-order valence-corrected chi connectivity index (χ3v) is 5.05. The Morgan fingerprint density at radius 2 is 1.85 bits per heavy atom. The second-order valence-corrected chi connectivity index (χ2v) is 7.27. The summed E-state index contributed by atoms with van der Waals surface area (Å²) in [6, 6.07) is 15.2. The number of hydrogen-bond donors (Lipinski definition) is 0. The molecule has 3 rings (SSSR count). The zero-order chi connectivity index (χ0) is 19.2. The number of benzene rings is 2. The predicted octanol–water partition coefficient (Wildman–Crippen LogP) is 5.06. The Bertz CT molecular complexity index is 906. The minimum atomic E-state index is -0.326. The first-order chi connectivity index (χ1) is 13.1. The van der Waals surface area contributed by atoms with Crippen LogP contribution in [0.4, 0.5) is 0 Å². The molecule has 0 spiro atoms. The maximum absolute atomic E-state index is 12.6. The molecule has 0 fully saturated rings. The molecule has 0 saturated carbocycles. The van der Waals surface area contributed by atoms with Crippen LogP contribution in [0.25, 0.3) is 11.5 Å². The largest absolute Gasteiger partial charge is 0.493 e. The first kappa shape index (κ1) is 19.2. The fraction of sp³-hybridized carbons (Fsp3) is 0.286. The summed E-state index contributed by atoms with van der Waals surface area (Å²) in [7, 11) is 0. The Morgan fingerprint density at radius 1 is 1.11 bits per heavy atom. The van der Waals surface area contributed by atoms with Gasteiger partial charge in [0.2, 0.25) is 0 Å². The monoisotopic (exact) mass is 382 g/mol. The highest BCUT2D eigenvalue weighted by Crippen LogP contribution is 2.32. The summed E-state index contributed by atoms with van der Waals surface area (Å²) in [6.45, 7) is 6.41. The first-order valence-corrected chi connectivity index (χ1v) is 9.85. The summed E-state index contributed by atoms with van der Waals surface area (Å²) in [5.74, 6) is 1.12. The lowest BCUT2D eigenvalue weighted by molar-refractivity contribution is 0.0993. The molecule has 6 heteroatoms. The van der Waals surface area contributed by atoms with Crippen LogP contribution in [0.3, 0.4) is 0 Å². The van der Waals surface area contributed by atoms with Crippen molar-refractivity contribution < 1.29 is 13.9 Å². The molecule has 140 valence electrons. The van der Waals surface area contributed by atoms with Gasteiger partial charge >= 0.3 is 0 Å². The molecule has 0 radical (unpaired) electrons. The summed E-state index contributed by atoms with van der Waals surface area (Å²) >= 11 is 1.26. The molecule has 0 saturated heterocycles. The number of carbonyl (C=O) groups excluding carboxylic acids is 1. The van der Waals surface area contributed by atoms with E-state index in [9.17, 15) is 4.79 Å². The van der Waals surface area contributed by atoms with Crippen LogP contribution in [-0.2, 0) is 6.42 Å². The molecule has 0 N–H and O–H groups in total. The normalized spacial score (nSPS) is 12.0. The fourth-order valence-electron chi connectivity index (χ4n) is 2.64. The minimum Gasteiger partial charge on any atom is -0.493 e. The standard InChI is InChI=1S/C21H22N2O3S/c1-4-15-10-12-16(13-11-15)19(24)14(3)27-21-23-22-20(26-21)17-8-6-7-9-18(17)25-5-2/h6-14H,4-5H2,1-3H3. The maximum atomic E-state index is 12.6. The second kappa shape index (κ2) is 8.86. The molecule has 2 aromatic carbocycles. The molecule has 0 amide bonds. The van der Waals surface area contributed by atoms with Gasteiger partial charge in [0.05, 0.1) is 17.4 Å². The third-order valence-electron chi connectivity index (χ3n) is 4.12. The van der Waals surface area contributed by atoms with E-state index < -0.39 is 0 Å². The molecule has 0 aliphatic rings. The number of aromatic nitrogens is 2. The summed E-state index contributed by atoms with van der Waals surface area (Å²) in [4.78, 5) is 12.6. The van der Waals surface area contributed by atoms with Crippen molar-refractivity contribution in [3.8, 4) is 17.2 Å². The molecule has 5 nitrogen and oxygen atoms in total. The van der Waals surface area contributed by atoms with E-state index in [0.717, 1.165) is 12.0 Å². The van der Waals surface area contributed by atoms with Crippen molar-refractivity contribution >= 4 is 17.5 Å². The molecule has 3 aromatic rings. The lowest BCUT2D eigenvalue weighted by Gasteiger charge is -2.08. The van der Waals surface area contributed by atoms with Crippen molar-refractivity contribution in [2.45, 2.75) is 37.7 Å². The van der Waals surface area contributed by atoms with Gasteiger partial charge in [-0.1, -0.05) is 55.1 Å². The van der Waals surface area contributed by atoms with Gasteiger partial charge in [0.15, 0.2) is 5.78 Å². The fourth-order valence-corrected chi connectivity index (χ4v) is 3.40. The molecular formula is C21H22N2O3S. The molecule has 0 aliphatic heterocycles. The van der Waals surface area contributed by atoms with E-state index in [4.69, 9.17) is 9.15 Å². The van der Waals surface area contributed by atoms with Crippen molar-refractivity contribution in [1.82, 2.24) is 10.2 Å². The van der Waals surface area contributed by atoms with E-state index in [0.29, 0.717) is 29.0 Å². The van der Waals surface area contributed by atoms with Gasteiger partial charge in [-0.15, -0.1) is 10.2 Å². The molecule has 0 bridgehead atoms. The van der Waals surface area contributed by atoms with Gasteiger partial charge in [0, 0.05) is 5.56 Å². The van der Waals surface area contributed by atoms with Crippen LogP contribution in [0.1, 0.15) is 36.7 Å². The number of rotatable bonds is 8. The number of thioether (sulfide) groups is 1. The SMILES string of the molecule is CCOc1ccccc1-c1nnc(SC(C)C(=O)c2ccc(CC)cc2)o1. The molecule has 1 atom stereocenters.